The largest absolute Gasteiger partial charge is 0.379 e. The van der Waals surface area contributed by atoms with Gasteiger partial charge in [-0.15, -0.1) is 0 Å². The number of benzene rings is 1. The predicted octanol–water partition coefficient (Wildman–Crippen LogP) is 2.99. The molecule has 0 spiro atoms. The molecule has 1 fully saturated rings. The third kappa shape index (κ3) is 3.93. The molecule has 0 saturated heterocycles. The number of anilines is 1. The molecule has 0 bridgehead atoms. The van der Waals surface area contributed by atoms with E-state index in [-0.39, 0.29) is 16.3 Å². The second-order valence-electron chi connectivity index (χ2n) is 5.57. The lowest BCUT2D eigenvalue weighted by molar-refractivity contribution is -0.386. The van der Waals surface area contributed by atoms with Crippen molar-refractivity contribution in [2.45, 2.75) is 37.0 Å². The monoisotopic (exact) mass is 312 g/mol. The minimum Gasteiger partial charge on any atom is -0.379 e. The van der Waals surface area contributed by atoms with Crippen molar-refractivity contribution in [3.05, 3.63) is 28.3 Å². The lowest BCUT2D eigenvalue weighted by Crippen LogP contribution is -2.18. The number of para-hydroxylation sites is 1. The van der Waals surface area contributed by atoms with Gasteiger partial charge in [0.1, 0.15) is 10.6 Å². The average Bonchev–Trinajstić information content (AvgIpc) is 2.44. The molecule has 1 aromatic rings. The second kappa shape index (κ2) is 6.43. The summed E-state index contributed by atoms with van der Waals surface area (Å²) in [7, 11) is -3.63. The number of hydrogen-bond acceptors (Lipinski definition) is 5. The van der Waals surface area contributed by atoms with Gasteiger partial charge in [0, 0.05) is 12.8 Å². The summed E-state index contributed by atoms with van der Waals surface area (Å²) in [4.78, 5) is 10.4. The van der Waals surface area contributed by atoms with Crippen LogP contribution in [0.15, 0.2) is 23.1 Å². The maximum Gasteiger partial charge on any atom is 0.310 e. The van der Waals surface area contributed by atoms with Crippen LogP contribution in [-0.2, 0) is 9.84 Å². The summed E-state index contributed by atoms with van der Waals surface area (Å²) in [5.74, 6) is 0.500. The van der Waals surface area contributed by atoms with Gasteiger partial charge in [0.2, 0.25) is 0 Å². The van der Waals surface area contributed by atoms with E-state index < -0.39 is 14.8 Å². The summed E-state index contributed by atoms with van der Waals surface area (Å²) in [6, 6.07) is 4.38. The molecule has 0 heterocycles. The average molecular weight is 312 g/mol. The molecule has 6 nitrogen and oxygen atoms in total. The lowest BCUT2D eigenvalue weighted by Gasteiger charge is -2.22. The Labute approximate surface area is 124 Å². The Morgan fingerprint density at radius 3 is 2.52 bits per heavy atom. The number of hydrogen-bond donors (Lipinski definition) is 1. The molecule has 1 aliphatic carbocycles. The summed E-state index contributed by atoms with van der Waals surface area (Å²) in [6.07, 6.45) is 6.86. The van der Waals surface area contributed by atoms with Crippen LogP contribution in [0.1, 0.15) is 32.1 Å². The number of nitrogens with zero attached hydrogens (tertiary/aromatic N) is 1. The van der Waals surface area contributed by atoms with E-state index in [4.69, 9.17) is 0 Å². The summed E-state index contributed by atoms with van der Waals surface area (Å²) in [5.41, 5.74) is -0.0655. The predicted molar refractivity (Wildman–Crippen MR) is 81.3 cm³/mol. The van der Waals surface area contributed by atoms with Gasteiger partial charge in [-0.25, -0.2) is 8.42 Å². The molecule has 0 amide bonds. The highest BCUT2D eigenvalue weighted by molar-refractivity contribution is 7.90. The van der Waals surface area contributed by atoms with Crippen LogP contribution in [0.5, 0.6) is 0 Å². The number of nitro benzene ring substituents is 1. The summed E-state index contributed by atoms with van der Waals surface area (Å²) in [5, 5.41) is 14.3. The molecule has 1 saturated carbocycles. The SMILES string of the molecule is CS(=O)(=O)c1cccc(NCC2CCCCC2)c1[N+](=O)[O-]. The van der Waals surface area contributed by atoms with E-state index in [9.17, 15) is 18.5 Å². The van der Waals surface area contributed by atoms with Gasteiger partial charge in [0.25, 0.3) is 0 Å². The molecule has 0 unspecified atom stereocenters. The highest BCUT2D eigenvalue weighted by atomic mass is 32.2. The Kier molecular flexibility index (Phi) is 4.82. The zero-order valence-corrected chi connectivity index (χ0v) is 12.9. The van der Waals surface area contributed by atoms with Gasteiger partial charge in [0.15, 0.2) is 9.84 Å². The molecule has 0 aromatic heterocycles. The minimum absolute atomic E-state index is 0.235. The van der Waals surface area contributed by atoms with Gasteiger partial charge in [-0.2, -0.15) is 0 Å². The van der Waals surface area contributed by atoms with E-state index >= 15 is 0 Å². The Bertz CT molecular complexity index is 622. The Morgan fingerprint density at radius 2 is 1.95 bits per heavy atom. The van der Waals surface area contributed by atoms with Crippen molar-refractivity contribution in [1.29, 1.82) is 0 Å². The van der Waals surface area contributed by atoms with Crippen LogP contribution in [0.4, 0.5) is 11.4 Å². The summed E-state index contributed by atoms with van der Waals surface area (Å²) in [6.45, 7) is 0.647. The van der Waals surface area contributed by atoms with E-state index in [0.717, 1.165) is 19.1 Å². The number of sulfone groups is 1. The number of nitrogens with one attached hydrogen (secondary N) is 1. The first-order chi connectivity index (χ1) is 9.89. The molecule has 116 valence electrons. The normalized spacial score (nSPS) is 16.6. The van der Waals surface area contributed by atoms with Crippen LogP contribution in [0.2, 0.25) is 0 Å². The summed E-state index contributed by atoms with van der Waals surface area (Å²) < 4.78 is 23.4. The lowest BCUT2D eigenvalue weighted by atomic mass is 9.89. The van der Waals surface area contributed by atoms with Gasteiger partial charge < -0.3 is 5.32 Å². The van der Waals surface area contributed by atoms with Crippen molar-refractivity contribution in [2.24, 2.45) is 5.92 Å². The van der Waals surface area contributed by atoms with Gasteiger partial charge in [-0.05, 0) is 30.9 Å². The smallest absolute Gasteiger partial charge is 0.310 e. The van der Waals surface area contributed by atoms with E-state index in [1.54, 1.807) is 6.07 Å². The van der Waals surface area contributed by atoms with Crippen molar-refractivity contribution < 1.29 is 13.3 Å². The molecule has 2 rings (SSSR count). The van der Waals surface area contributed by atoms with Crippen LogP contribution in [0.25, 0.3) is 0 Å². The first-order valence-corrected chi connectivity index (χ1v) is 9.00. The van der Waals surface area contributed by atoms with Crippen LogP contribution in [0.3, 0.4) is 0 Å². The maximum atomic E-state index is 11.7. The van der Waals surface area contributed by atoms with E-state index in [1.807, 2.05) is 0 Å². The fraction of sp³-hybridized carbons (Fsp3) is 0.571. The quantitative estimate of drug-likeness (QED) is 0.667. The third-order valence-corrected chi connectivity index (χ3v) is 5.02. The highest BCUT2D eigenvalue weighted by Gasteiger charge is 2.26. The van der Waals surface area contributed by atoms with Crippen LogP contribution in [-0.4, -0.2) is 26.1 Å². The minimum atomic E-state index is -3.63. The first-order valence-electron chi connectivity index (χ1n) is 7.11. The zero-order chi connectivity index (χ0) is 15.5. The Morgan fingerprint density at radius 1 is 1.29 bits per heavy atom. The maximum absolute atomic E-state index is 11.7. The molecule has 1 aromatic carbocycles. The van der Waals surface area contributed by atoms with Gasteiger partial charge in [-0.3, -0.25) is 10.1 Å². The van der Waals surface area contributed by atoms with Crippen molar-refractivity contribution >= 4 is 21.2 Å². The standard InChI is InChI=1S/C14H20N2O4S/c1-21(19,20)13-9-5-8-12(14(13)16(17)18)15-10-11-6-3-2-4-7-11/h5,8-9,11,15H,2-4,6-7,10H2,1H3. The van der Waals surface area contributed by atoms with Crippen LogP contribution < -0.4 is 5.32 Å². The molecular formula is C14H20N2O4S. The molecule has 1 N–H and O–H groups in total. The Balaban J connectivity index is 2.24. The van der Waals surface area contributed by atoms with Crippen LogP contribution in [0, 0.1) is 16.0 Å². The molecule has 1 aliphatic rings. The molecule has 0 radical (unpaired) electrons. The number of nitro groups is 1. The molecule has 0 atom stereocenters. The molecular weight excluding hydrogens is 292 g/mol. The van der Waals surface area contributed by atoms with Gasteiger partial charge in [0.05, 0.1) is 4.92 Å². The number of rotatable bonds is 5. The molecule has 0 aliphatic heterocycles. The molecule has 21 heavy (non-hydrogen) atoms. The van der Waals surface area contributed by atoms with E-state index in [1.165, 1.54) is 31.4 Å². The first kappa shape index (κ1) is 15.8. The third-order valence-electron chi connectivity index (χ3n) is 3.89. The van der Waals surface area contributed by atoms with Crippen molar-refractivity contribution in [1.82, 2.24) is 0 Å². The summed E-state index contributed by atoms with van der Waals surface area (Å²) >= 11 is 0. The van der Waals surface area contributed by atoms with Crippen molar-refractivity contribution in [3.63, 3.8) is 0 Å². The second-order valence-corrected chi connectivity index (χ2v) is 7.55. The van der Waals surface area contributed by atoms with E-state index in [2.05, 4.69) is 5.32 Å². The topological polar surface area (TPSA) is 89.3 Å². The highest BCUT2D eigenvalue weighted by Crippen LogP contribution is 2.33. The fourth-order valence-electron chi connectivity index (χ4n) is 2.80. The van der Waals surface area contributed by atoms with Crippen molar-refractivity contribution in [2.75, 3.05) is 18.1 Å². The van der Waals surface area contributed by atoms with E-state index in [0.29, 0.717) is 12.5 Å². The van der Waals surface area contributed by atoms with Crippen LogP contribution >= 0.6 is 0 Å². The Hall–Kier alpha value is -1.63. The zero-order valence-electron chi connectivity index (χ0n) is 12.0. The van der Waals surface area contributed by atoms with Gasteiger partial charge >= 0.3 is 5.69 Å². The van der Waals surface area contributed by atoms with Crippen molar-refractivity contribution in [3.8, 4) is 0 Å². The molecule has 7 heteroatoms. The fourth-order valence-corrected chi connectivity index (χ4v) is 3.66. The van der Waals surface area contributed by atoms with Gasteiger partial charge in [-0.1, -0.05) is 25.3 Å².